The van der Waals surface area contributed by atoms with Crippen LogP contribution >= 0.6 is 0 Å². The van der Waals surface area contributed by atoms with Gasteiger partial charge in [-0.05, 0) is 37.0 Å². The molecule has 1 aromatic carbocycles. The maximum atomic E-state index is 13.0. The summed E-state index contributed by atoms with van der Waals surface area (Å²) in [4.78, 5) is 39.6. The summed E-state index contributed by atoms with van der Waals surface area (Å²) in [6, 6.07) is 6.19. The molecule has 2 aliphatic heterocycles. The Kier molecular flexibility index (Phi) is 6.11. The van der Waals surface area contributed by atoms with Gasteiger partial charge < -0.3 is 25.6 Å². The van der Waals surface area contributed by atoms with E-state index in [4.69, 9.17) is 4.74 Å². The SMILES string of the molecule is COc1ccc(C[C@@H]2NC(=O)[C@@H]3C[C@H](NC(=O)NC4CCCCC4)CN3C2=O)cc1. The molecular weight excluding hydrogens is 384 g/mol. The molecule has 0 unspecified atom stereocenters. The van der Waals surface area contributed by atoms with Crippen LogP contribution in [0.25, 0.3) is 0 Å². The van der Waals surface area contributed by atoms with Crippen LogP contribution in [-0.4, -0.2) is 60.6 Å². The average molecular weight is 415 g/mol. The van der Waals surface area contributed by atoms with Gasteiger partial charge in [-0.2, -0.15) is 0 Å². The van der Waals surface area contributed by atoms with Crippen molar-refractivity contribution >= 4 is 17.8 Å². The molecule has 3 atom stereocenters. The number of fused-ring (bicyclic) bond motifs is 1. The molecule has 3 aliphatic rings. The second-order valence-electron chi connectivity index (χ2n) is 8.51. The van der Waals surface area contributed by atoms with Gasteiger partial charge in [0.2, 0.25) is 11.8 Å². The van der Waals surface area contributed by atoms with Crippen LogP contribution in [0.5, 0.6) is 5.75 Å². The van der Waals surface area contributed by atoms with Crippen molar-refractivity contribution in [2.24, 2.45) is 0 Å². The zero-order chi connectivity index (χ0) is 21.1. The van der Waals surface area contributed by atoms with Gasteiger partial charge in [0.05, 0.1) is 13.2 Å². The van der Waals surface area contributed by atoms with Crippen molar-refractivity contribution in [3.8, 4) is 5.75 Å². The van der Waals surface area contributed by atoms with Gasteiger partial charge in [-0.3, -0.25) is 9.59 Å². The Balaban J connectivity index is 1.33. The number of nitrogens with one attached hydrogen (secondary N) is 3. The second kappa shape index (κ2) is 8.93. The van der Waals surface area contributed by atoms with E-state index < -0.39 is 12.1 Å². The fourth-order valence-corrected chi connectivity index (χ4v) is 4.76. The number of methoxy groups -OCH3 is 1. The minimum absolute atomic E-state index is 0.0904. The molecule has 3 N–H and O–H groups in total. The van der Waals surface area contributed by atoms with Gasteiger partial charge in [0, 0.05) is 19.0 Å². The van der Waals surface area contributed by atoms with Crippen LogP contribution in [0.2, 0.25) is 0 Å². The van der Waals surface area contributed by atoms with Gasteiger partial charge in [-0.15, -0.1) is 0 Å². The lowest BCUT2D eigenvalue weighted by Crippen LogP contribution is -2.61. The Hall–Kier alpha value is -2.77. The summed E-state index contributed by atoms with van der Waals surface area (Å²) >= 11 is 0. The highest BCUT2D eigenvalue weighted by Crippen LogP contribution is 2.24. The zero-order valence-corrected chi connectivity index (χ0v) is 17.4. The molecule has 0 aromatic heterocycles. The van der Waals surface area contributed by atoms with E-state index in [2.05, 4.69) is 16.0 Å². The maximum absolute atomic E-state index is 13.0. The lowest BCUT2D eigenvalue weighted by Gasteiger charge is -2.34. The third-order valence-corrected chi connectivity index (χ3v) is 6.38. The van der Waals surface area contributed by atoms with Crippen molar-refractivity contribution in [2.45, 2.75) is 69.1 Å². The van der Waals surface area contributed by atoms with E-state index in [1.807, 2.05) is 24.3 Å². The summed E-state index contributed by atoms with van der Waals surface area (Å²) in [6.07, 6.45) is 6.43. The summed E-state index contributed by atoms with van der Waals surface area (Å²) in [5.74, 6) is 0.510. The monoisotopic (exact) mass is 414 g/mol. The number of carbonyl (C=O) groups excluding carboxylic acids is 3. The third-order valence-electron chi connectivity index (χ3n) is 6.38. The lowest BCUT2D eigenvalue weighted by atomic mass is 9.96. The van der Waals surface area contributed by atoms with Gasteiger partial charge >= 0.3 is 6.03 Å². The number of rotatable bonds is 5. The summed E-state index contributed by atoms with van der Waals surface area (Å²) < 4.78 is 5.16. The van der Waals surface area contributed by atoms with Gasteiger partial charge in [-0.1, -0.05) is 31.4 Å². The number of hydrogen-bond donors (Lipinski definition) is 3. The van der Waals surface area contributed by atoms with Crippen LogP contribution in [0, 0.1) is 0 Å². The Morgan fingerprint density at radius 3 is 2.50 bits per heavy atom. The molecule has 8 heteroatoms. The number of carbonyl (C=O) groups is 3. The van der Waals surface area contributed by atoms with Crippen LogP contribution in [0.15, 0.2) is 24.3 Å². The summed E-state index contributed by atoms with van der Waals surface area (Å²) in [5, 5.41) is 8.86. The number of piperazine rings is 1. The predicted octanol–water partition coefficient (Wildman–Crippen LogP) is 1.34. The van der Waals surface area contributed by atoms with E-state index in [0.717, 1.165) is 37.0 Å². The molecule has 3 fully saturated rings. The highest BCUT2D eigenvalue weighted by molar-refractivity contribution is 5.97. The summed E-state index contributed by atoms with van der Waals surface area (Å²) in [5.41, 5.74) is 0.952. The van der Waals surface area contributed by atoms with E-state index in [0.29, 0.717) is 19.4 Å². The third kappa shape index (κ3) is 4.52. The fourth-order valence-electron chi connectivity index (χ4n) is 4.76. The van der Waals surface area contributed by atoms with Crippen molar-refractivity contribution in [1.29, 1.82) is 0 Å². The van der Waals surface area contributed by atoms with Crippen molar-refractivity contribution in [1.82, 2.24) is 20.9 Å². The number of benzene rings is 1. The number of amides is 4. The molecule has 0 spiro atoms. The Labute approximate surface area is 176 Å². The molecule has 1 aliphatic carbocycles. The first-order valence-electron chi connectivity index (χ1n) is 10.8. The molecule has 30 heavy (non-hydrogen) atoms. The summed E-state index contributed by atoms with van der Waals surface area (Å²) in [7, 11) is 1.60. The van der Waals surface area contributed by atoms with Crippen molar-refractivity contribution in [3.63, 3.8) is 0 Å². The highest BCUT2D eigenvalue weighted by Gasteiger charge is 2.46. The van der Waals surface area contributed by atoms with Crippen LogP contribution < -0.4 is 20.7 Å². The van der Waals surface area contributed by atoms with Gasteiger partial charge in [0.1, 0.15) is 17.8 Å². The number of ether oxygens (including phenoxy) is 1. The normalized spacial score (nSPS) is 26.7. The average Bonchev–Trinajstić information content (AvgIpc) is 3.17. The van der Waals surface area contributed by atoms with E-state index in [-0.39, 0.29) is 29.9 Å². The molecule has 8 nitrogen and oxygen atoms in total. The van der Waals surface area contributed by atoms with E-state index in [1.54, 1.807) is 12.0 Å². The minimum atomic E-state index is -0.586. The first-order chi connectivity index (χ1) is 14.5. The van der Waals surface area contributed by atoms with E-state index in [9.17, 15) is 14.4 Å². The Bertz CT molecular complexity index is 791. The maximum Gasteiger partial charge on any atom is 0.315 e. The topological polar surface area (TPSA) is 99.8 Å². The van der Waals surface area contributed by atoms with E-state index in [1.165, 1.54) is 6.42 Å². The van der Waals surface area contributed by atoms with Crippen molar-refractivity contribution in [3.05, 3.63) is 29.8 Å². The van der Waals surface area contributed by atoms with E-state index >= 15 is 0 Å². The smallest absolute Gasteiger partial charge is 0.315 e. The number of urea groups is 1. The summed E-state index contributed by atoms with van der Waals surface area (Å²) in [6.45, 7) is 0.369. The largest absolute Gasteiger partial charge is 0.497 e. The Morgan fingerprint density at radius 2 is 1.80 bits per heavy atom. The first kappa shape index (κ1) is 20.5. The van der Waals surface area contributed by atoms with Crippen LogP contribution in [-0.2, 0) is 16.0 Å². The molecule has 2 saturated heterocycles. The predicted molar refractivity (Wildman–Crippen MR) is 111 cm³/mol. The molecule has 0 radical (unpaired) electrons. The highest BCUT2D eigenvalue weighted by atomic mass is 16.5. The van der Waals surface area contributed by atoms with Crippen LogP contribution in [0.4, 0.5) is 4.79 Å². The molecule has 1 aromatic rings. The molecule has 2 heterocycles. The van der Waals surface area contributed by atoms with Crippen molar-refractivity contribution in [2.75, 3.05) is 13.7 Å². The second-order valence-corrected chi connectivity index (χ2v) is 8.51. The van der Waals surface area contributed by atoms with Crippen molar-refractivity contribution < 1.29 is 19.1 Å². The minimum Gasteiger partial charge on any atom is -0.497 e. The standard InChI is InChI=1S/C22H30N4O4/c1-30-17-9-7-14(8-10-17)11-18-21(28)26-13-16(12-19(26)20(27)25-18)24-22(29)23-15-5-3-2-4-6-15/h7-10,15-16,18-19H,2-6,11-13H2,1H3,(H,25,27)(H2,23,24,29)/t16-,18-,19-/m0/s1. The van der Waals surface area contributed by atoms with Gasteiger partial charge in [-0.25, -0.2) is 4.79 Å². The molecule has 4 rings (SSSR count). The molecule has 162 valence electrons. The number of hydrogen-bond acceptors (Lipinski definition) is 4. The number of nitrogens with zero attached hydrogens (tertiary/aromatic N) is 1. The molecular formula is C22H30N4O4. The first-order valence-corrected chi connectivity index (χ1v) is 10.8. The Morgan fingerprint density at radius 1 is 1.10 bits per heavy atom. The fraction of sp³-hybridized carbons (Fsp3) is 0.591. The van der Waals surface area contributed by atoms with Gasteiger partial charge in [0.15, 0.2) is 0 Å². The zero-order valence-electron chi connectivity index (χ0n) is 17.4. The van der Waals surface area contributed by atoms with Crippen LogP contribution in [0.3, 0.4) is 0 Å². The quantitative estimate of drug-likeness (QED) is 0.677. The molecule has 4 amide bonds. The molecule has 0 bridgehead atoms. The van der Waals surface area contributed by atoms with Gasteiger partial charge in [0.25, 0.3) is 0 Å². The molecule has 1 saturated carbocycles. The van der Waals surface area contributed by atoms with Crippen LogP contribution in [0.1, 0.15) is 44.1 Å². The lowest BCUT2D eigenvalue weighted by molar-refractivity contribution is -0.147.